The SMILES string of the molecule is O=C(Cn1c(=O)[nH]c2ccccc21)NCC(O)c1ccccc1Cl. The Morgan fingerprint density at radius 2 is 1.92 bits per heavy atom. The van der Waals surface area contributed by atoms with Gasteiger partial charge in [0.15, 0.2) is 0 Å². The third kappa shape index (κ3) is 3.34. The molecule has 0 aliphatic carbocycles. The Balaban J connectivity index is 1.66. The molecule has 3 rings (SSSR count). The van der Waals surface area contributed by atoms with Gasteiger partial charge in [-0.25, -0.2) is 4.79 Å². The summed E-state index contributed by atoms with van der Waals surface area (Å²) in [6.45, 7) is -0.113. The highest BCUT2D eigenvalue weighted by Gasteiger charge is 2.14. The van der Waals surface area contributed by atoms with Gasteiger partial charge in [0.1, 0.15) is 6.54 Å². The van der Waals surface area contributed by atoms with Crippen molar-refractivity contribution in [3.8, 4) is 0 Å². The minimum absolute atomic E-state index is 0.0136. The lowest BCUT2D eigenvalue weighted by Crippen LogP contribution is -2.34. The van der Waals surface area contributed by atoms with Crippen LogP contribution in [-0.4, -0.2) is 27.1 Å². The van der Waals surface area contributed by atoms with E-state index >= 15 is 0 Å². The first-order chi connectivity index (χ1) is 11.6. The molecule has 3 aromatic rings. The fourth-order valence-corrected chi connectivity index (χ4v) is 2.79. The van der Waals surface area contributed by atoms with Crippen LogP contribution < -0.4 is 11.0 Å². The van der Waals surface area contributed by atoms with Crippen LogP contribution in [0.1, 0.15) is 11.7 Å². The smallest absolute Gasteiger partial charge is 0.326 e. The van der Waals surface area contributed by atoms with Crippen LogP contribution in [0.4, 0.5) is 0 Å². The Morgan fingerprint density at radius 1 is 1.21 bits per heavy atom. The van der Waals surface area contributed by atoms with Gasteiger partial charge in [0, 0.05) is 17.1 Å². The summed E-state index contributed by atoms with van der Waals surface area (Å²) in [5.74, 6) is -0.368. The molecular formula is C17H16ClN3O3. The standard InChI is InChI=1S/C17H16ClN3O3/c18-12-6-2-1-5-11(12)15(22)9-19-16(23)10-21-14-8-4-3-7-13(14)20-17(21)24/h1-8,15,22H,9-10H2,(H,19,23)(H,20,24). The molecule has 6 nitrogen and oxygen atoms in total. The molecule has 0 aliphatic rings. The molecule has 24 heavy (non-hydrogen) atoms. The number of hydrogen-bond acceptors (Lipinski definition) is 3. The lowest BCUT2D eigenvalue weighted by Gasteiger charge is -2.13. The zero-order valence-electron chi connectivity index (χ0n) is 12.7. The summed E-state index contributed by atoms with van der Waals surface area (Å²) in [5.41, 5.74) is 1.53. The van der Waals surface area contributed by atoms with Gasteiger partial charge in [-0.05, 0) is 18.2 Å². The van der Waals surface area contributed by atoms with E-state index in [-0.39, 0.29) is 24.7 Å². The maximum absolute atomic E-state index is 12.1. The third-order valence-corrected chi connectivity index (χ3v) is 4.08. The predicted octanol–water partition coefficient (Wildman–Crippen LogP) is 1.83. The molecule has 0 saturated carbocycles. The van der Waals surface area contributed by atoms with Crippen LogP contribution in [-0.2, 0) is 11.3 Å². The minimum atomic E-state index is -0.914. The summed E-state index contributed by atoms with van der Waals surface area (Å²) >= 11 is 6.01. The van der Waals surface area contributed by atoms with Gasteiger partial charge in [0.2, 0.25) is 5.91 Å². The Labute approximate surface area is 142 Å². The highest BCUT2D eigenvalue weighted by molar-refractivity contribution is 6.31. The van der Waals surface area contributed by atoms with Crippen LogP contribution in [0, 0.1) is 0 Å². The number of aromatic nitrogens is 2. The van der Waals surface area contributed by atoms with E-state index in [1.54, 1.807) is 42.5 Å². The fraction of sp³-hybridized carbons (Fsp3) is 0.176. The summed E-state index contributed by atoms with van der Waals surface area (Å²) < 4.78 is 1.35. The summed E-state index contributed by atoms with van der Waals surface area (Å²) in [7, 11) is 0. The summed E-state index contributed by atoms with van der Waals surface area (Å²) in [6.07, 6.45) is -0.914. The number of H-pyrrole nitrogens is 1. The van der Waals surface area contributed by atoms with E-state index in [9.17, 15) is 14.7 Å². The number of aromatic amines is 1. The number of rotatable bonds is 5. The summed E-state index contributed by atoms with van der Waals surface area (Å²) in [5, 5.41) is 13.2. The predicted molar refractivity (Wildman–Crippen MR) is 92.0 cm³/mol. The summed E-state index contributed by atoms with van der Waals surface area (Å²) in [4.78, 5) is 26.7. The van der Waals surface area contributed by atoms with E-state index in [1.807, 2.05) is 6.07 Å². The van der Waals surface area contributed by atoms with Gasteiger partial charge in [-0.2, -0.15) is 0 Å². The second-order valence-corrected chi connectivity index (χ2v) is 5.78. The molecule has 1 heterocycles. The number of aliphatic hydroxyl groups is 1. The first-order valence-corrected chi connectivity index (χ1v) is 7.81. The zero-order valence-corrected chi connectivity index (χ0v) is 13.5. The van der Waals surface area contributed by atoms with Crippen molar-refractivity contribution < 1.29 is 9.90 Å². The van der Waals surface area contributed by atoms with Crippen LogP contribution in [0.2, 0.25) is 5.02 Å². The average Bonchev–Trinajstić information content (AvgIpc) is 2.89. The van der Waals surface area contributed by atoms with E-state index in [0.29, 0.717) is 21.6 Å². The number of imidazole rings is 1. The van der Waals surface area contributed by atoms with Gasteiger partial charge >= 0.3 is 5.69 Å². The second-order valence-electron chi connectivity index (χ2n) is 5.37. The first kappa shape index (κ1) is 16.3. The molecule has 0 fully saturated rings. The van der Waals surface area contributed by atoms with Gasteiger partial charge in [-0.1, -0.05) is 41.9 Å². The highest BCUT2D eigenvalue weighted by Crippen LogP contribution is 2.21. The Hall–Kier alpha value is -2.57. The van der Waals surface area contributed by atoms with Crippen molar-refractivity contribution in [3.63, 3.8) is 0 Å². The monoisotopic (exact) mass is 345 g/mol. The molecule has 2 aromatic carbocycles. The molecule has 0 saturated heterocycles. The van der Waals surface area contributed by atoms with Crippen molar-refractivity contribution in [1.82, 2.24) is 14.9 Å². The van der Waals surface area contributed by atoms with Crippen LogP contribution in [0.15, 0.2) is 53.3 Å². The molecular weight excluding hydrogens is 330 g/mol. The number of nitrogens with zero attached hydrogens (tertiary/aromatic N) is 1. The lowest BCUT2D eigenvalue weighted by molar-refractivity contribution is -0.122. The number of carbonyl (C=O) groups is 1. The van der Waals surface area contributed by atoms with Crippen molar-refractivity contribution >= 4 is 28.5 Å². The number of aliphatic hydroxyl groups excluding tert-OH is 1. The van der Waals surface area contributed by atoms with Crippen molar-refractivity contribution in [3.05, 3.63) is 69.6 Å². The molecule has 1 aromatic heterocycles. The molecule has 1 atom stereocenters. The van der Waals surface area contributed by atoms with Crippen LogP contribution in [0.25, 0.3) is 11.0 Å². The number of para-hydroxylation sites is 2. The van der Waals surface area contributed by atoms with Crippen LogP contribution in [0.5, 0.6) is 0 Å². The molecule has 124 valence electrons. The van der Waals surface area contributed by atoms with E-state index in [1.165, 1.54) is 4.57 Å². The van der Waals surface area contributed by atoms with Crippen LogP contribution in [0.3, 0.4) is 0 Å². The van der Waals surface area contributed by atoms with Crippen LogP contribution >= 0.6 is 11.6 Å². The molecule has 1 unspecified atom stereocenters. The first-order valence-electron chi connectivity index (χ1n) is 7.43. The van der Waals surface area contributed by atoms with Gasteiger partial charge in [0.25, 0.3) is 0 Å². The Morgan fingerprint density at radius 3 is 2.71 bits per heavy atom. The second kappa shape index (κ2) is 6.90. The topological polar surface area (TPSA) is 87.1 Å². The molecule has 1 amide bonds. The minimum Gasteiger partial charge on any atom is -0.387 e. The molecule has 0 spiro atoms. The van der Waals surface area contributed by atoms with Gasteiger partial charge in [-0.15, -0.1) is 0 Å². The molecule has 0 radical (unpaired) electrons. The van der Waals surface area contributed by atoms with Gasteiger partial charge in [-0.3, -0.25) is 9.36 Å². The summed E-state index contributed by atoms with van der Waals surface area (Å²) in [6, 6.07) is 14.0. The lowest BCUT2D eigenvalue weighted by atomic mass is 10.1. The number of amides is 1. The number of fused-ring (bicyclic) bond motifs is 1. The van der Waals surface area contributed by atoms with Crippen molar-refractivity contribution in [2.75, 3.05) is 6.54 Å². The molecule has 7 heteroatoms. The quantitative estimate of drug-likeness (QED) is 0.659. The Bertz CT molecular complexity index is 932. The average molecular weight is 346 g/mol. The van der Waals surface area contributed by atoms with Gasteiger partial charge < -0.3 is 15.4 Å². The highest BCUT2D eigenvalue weighted by atomic mass is 35.5. The fourth-order valence-electron chi connectivity index (χ4n) is 2.53. The number of hydrogen-bond donors (Lipinski definition) is 3. The van der Waals surface area contributed by atoms with E-state index < -0.39 is 6.10 Å². The maximum atomic E-state index is 12.1. The third-order valence-electron chi connectivity index (χ3n) is 3.74. The van der Waals surface area contributed by atoms with Gasteiger partial charge in [0.05, 0.1) is 17.1 Å². The molecule has 3 N–H and O–H groups in total. The maximum Gasteiger partial charge on any atom is 0.326 e. The number of benzene rings is 2. The Kier molecular flexibility index (Phi) is 4.69. The van der Waals surface area contributed by atoms with E-state index in [4.69, 9.17) is 11.6 Å². The normalized spacial score (nSPS) is 12.2. The van der Waals surface area contributed by atoms with Crippen molar-refractivity contribution in [2.45, 2.75) is 12.6 Å². The number of carbonyl (C=O) groups excluding carboxylic acids is 1. The number of halogens is 1. The molecule has 0 bridgehead atoms. The van der Waals surface area contributed by atoms with E-state index in [0.717, 1.165) is 0 Å². The molecule has 0 aliphatic heterocycles. The number of nitrogens with one attached hydrogen (secondary N) is 2. The largest absolute Gasteiger partial charge is 0.387 e. The van der Waals surface area contributed by atoms with E-state index in [2.05, 4.69) is 10.3 Å². The van der Waals surface area contributed by atoms with Crippen molar-refractivity contribution in [2.24, 2.45) is 0 Å². The zero-order chi connectivity index (χ0) is 17.1. The van der Waals surface area contributed by atoms with Crippen molar-refractivity contribution in [1.29, 1.82) is 0 Å².